The summed E-state index contributed by atoms with van der Waals surface area (Å²) in [5, 5.41) is 12.9. The minimum absolute atomic E-state index is 0.113. The molecule has 0 fully saturated rings. The van der Waals surface area contributed by atoms with Crippen molar-refractivity contribution >= 4 is 11.9 Å². The van der Waals surface area contributed by atoms with Crippen LogP contribution in [0, 0.1) is 6.92 Å². The van der Waals surface area contributed by atoms with Crippen molar-refractivity contribution in [2.24, 2.45) is 0 Å². The van der Waals surface area contributed by atoms with Gasteiger partial charge in [0.1, 0.15) is 6.04 Å². The first-order valence-corrected chi connectivity index (χ1v) is 6.47. The number of aromatic nitrogens is 2. The van der Waals surface area contributed by atoms with E-state index in [0.29, 0.717) is 0 Å². The zero-order valence-corrected chi connectivity index (χ0v) is 11.3. The van der Waals surface area contributed by atoms with Gasteiger partial charge in [0.15, 0.2) is 0 Å². The van der Waals surface area contributed by atoms with Crippen LogP contribution in [0.3, 0.4) is 0 Å². The highest BCUT2D eigenvalue weighted by molar-refractivity contribution is 5.93. The van der Waals surface area contributed by atoms with Gasteiger partial charge in [-0.2, -0.15) is 4.98 Å². The molecule has 7 nitrogen and oxygen atoms in total. The van der Waals surface area contributed by atoms with Crippen molar-refractivity contribution in [3.63, 3.8) is 0 Å². The second-order valence-electron chi connectivity index (χ2n) is 4.90. The van der Waals surface area contributed by atoms with Crippen LogP contribution in [0.2, 0.25) is 0 Å². The Morgan fingerprint density at radius 2 is 2.05 bits per heavy atom. The van der Waals surface area contributed by atoms with Gasteiger partial charge >= 0.3 is 5.97 Å². The number of rotatable bonds is 2. The molecule has 108 valence electrons. The predicted octanol–water partition coefficient (Wildman–Crippen LogP) is 1.03. The average molecular weight is 287 g/mol. The summed E-state index contributed by atoms with van der Waals surface area (Å²) >= 11 is 0. The Morgan fingerprint density at radius 1 is 1.33 bits per heavy atom. The quantitative estimate of drug-likeness (QED) is 0.886. The molecule has 0 spiro atoms. The first kappa shape index (κ1) is 13.3. The average Bonchev–Trinajstić information content (AvgIpc) is 2.91. The van der Waals surface area contributed by atoms with Crippen LogP contribution >= 0.6 is 0 Å². The molecular weight excluding hydrogens is 274 g/mol. The van der Waals surface area contributed by atoms with Crippen LogP contribution < -0.4 is 0 Å². The van der Waals surface area contributed by atoms with Crippen molar-refractivity contribution in [1.29, 1.82) is 0 Å². The molecule has 1 aliphatic rings. The van der Waals surface area contributed by atoms with Crippen molar-refractivity contribution in [2.45, 2.75) is 25.9 Å². The molecule has 0 unspecified atom stereocenters. The molecule has 0 radical (unpaired) electrons. The van der Waals surface area contributed by atoms with Gasteiger partial charge in [-0.1, -0.05) is 29.4 Å². The van der Waals surface area contributed by atoms with Crippen molar-refractivity contribution in [1.82, 2.24) is 15.0 Å². The molecule has 0 saturated carbocycles. The standard InChI is InChI=1S/C14H13N3O4/c1-8-15-12(16-21-8)13(18)17-7-10-5-3-2-4-9(10)6-11(17)14(19)20/h2-5,11H,6-7H2,1H3,(H,19,20)/t11-/m1/s1. The van der Waals surface area contributed by atoms with Crippen LogP contribution in [0.5, 0.6) is 0 Å². The van der Waals surface area contributed by atoms with Crippen molar-refractivity contribution in [3.05, 3.63) is 47.1 Å². The minimum atomic E-state index is -1.04. The number of nitrogens with zero attached hydrogens (tertiary/aromatic N) is 3. The Hall–Kier alpha value is -2.70. The van der Waals surface area contributed by atoms with E-state index in [9.17, 15) is 14.7 Å². The fourth-order valence-electron chi connectivity index (χ4n) is 2.47. The lowest BCUT2D eigenvalue weighted by Crippen LogP contribution is -2.48. The second kappa shape index (κ2) is 5.01. The molecule has 7 heteroatoms. The molecule has 1 aromatic heterocycles. The van der Waals surface area contributed by atoms with Crippen molar-refractivity contribution in [2.75, 3.05) is 0 Å². The SMILES string of the molecule is Cc1nc(C(=O)N2Cc3ccccc3C[C@@H]2C(=O)O)no1. The topological polar surface area (TPSA) is 96.5 Å². The lowest BCUT2D eigenvalue weighted by molar-refractivity contribution is -0.142. The number of fused-ring (bicyclic) bond motifs is 1. The van der Waals surface area contributed by atoms with E-state index in [0.717, 1.165) is 11.1 Å². The van der Waals surface area contributed by atoms with Crippen LogP contribution in [-0.2, 0) is 17.8 Å². The molecule has 0 saturated heterocycles. The second-order valence-corrected chi connectivity index (χ2v) is 4.90. The summed E-state index contributed by atoms with van der Waals surface area (Å²) < 4.78 is 4.79. The van der Waals surface area contributed by atoms with Gasteiger partial charge in [0.25, 0.3) is 11.7 Å². The Bertz CT molecular complexity index is 710. The van der Waals surface area contributed by atoms with Crippen molar-refractivity contribution < 1.29 is 19.2 Å². The van der Waals surface area contributed by atoms with Crippen molar-refractivity contribution in [3.8, 4) is 0 Å². The van der Waals surface area contributed by atoms with E-state index in [2.05, 4.69) is 10.1 Å². The zero-order valence-electron chi connectivity index (χ0n) is 11.3. The molecule has 0 aliphatic carbocycles. The molecule has 1 aromatic carbocycles. The summed E-state index contributed by atoms with van der Waals surface area (Å²) in [5.41, 5.74) is 1.88. The maximum atomic E-state index is 12.4. The Labute approximate surface area is 120 Å². The maximum absolute atomic E-state index is 12.4. The molecule has 2 aromatic rings. The lowest BCUT2D eigenvalue weighted by Gasteiger charge is -2.33. The van der Waals surface area contributed by atoms with E-state index in [1.165, 1.54) is 4.90 Å². The summed E-state index contributed by atoms with van der Waals surface area (Å²) in [4.78, 5) is 29.0. The molecule has 1 aliphatic heterocycles. The van der Waals surface area contributed by atoms with Gasteiger partial charge in [0.2, 0.25) is 5.89 Å². The van der Waals surface area contributed by atoms with Gasteiger partial charge in [-0.3, -0.25) is 4.79 Å². The number of carboxylic acids is 1. The molecule has 21 heavy (non-hydrogen) atoms. The number of aliphatic carboxylic acids is 1. The zero-order chi connectivity index (χ0) is 15.0. The summed E-state index contributed by atoms with van der Waals surface area (Å²) in [5.74, 6) is -1.42. The smallest absolute Gasteiger partial charge is 0.326 e. The van der Waals surface area contributed by atoms with Crippen LogP contribution in [0.15, 0.2) is 28.8 Å². The molecule has 1 atom stereocenters. The van der Waals surface area contributed by atoms with Gasteiger partial charge in [0.05, 0.1) is 0 Å². The van der Waals surface area contributed by atoms with Gasteiger partial charge in [0, 0.05) is 19.9 Å². The fourth-order valence-corrected chi connectivity index (χ4v) is 2.47. The third-order valence-electron chi connectivity index (χ3n) is 3.51. The summed E-state index contributed by atoms with van der Waals surface area (Å²) in [6.45, 7) is 1.80. The van der Waals surface area contributed by atoms with E-state index >= 15 is 0 Å². The highest BCUT2D eigenvalue weighted by Crippen LogP contribution is 2.24. The molecule has 2 heterocycles. The third kappa shape index (κ3) is 2.37. The van der Waals surface area contributed by atoms with Gasteiger partial charge in [-0.15, -0.1) is 0 Å². The first-order chi connectivity index (χ1) is 10.1. The summed E-state index contributed by atoms with van der Waals surface area (Å²) in [7, 11) is 0. The maximum Gasteiger partial charge on any atom is 0.326 e. The number of benzene rings is 1. The Morgan fingerprint density at radius 3 is 2.67 bits per heavy atom. The summed E-state index contributed by atoms with van der Waals surface area (Å²) in [6, 6.07) is 6.56. The third-order valence-corrected chi connectivity index (χ3v) is 3.51. The first-order valence-electron chi connectivity index (χ1n) is 6.47. The number of carboxylic acid groups (broad SMARTS) is 1. The highest BCUT2D eigenvalue weighted by atomic mass is 16.5. The number of hydrogen-bond acceptors (Lipinski definition) is 5. The van der Waals surface area contributed by atoms with E-state index in [1.807, 2.05) is 24.3 Å². The predicted molar refractivity (Wildman–Crippen MR) is 70.5 cm³/mol. The molecule has 1 amide bonds. The Balaban J connectivity index is 1.96. The highest BCUT2D eigenvalue weighted by Gasteiger charge is 2.36. The van der Waals surface area contributed by atoms with E-state index in [-0.39, 0.29) is 24.7 Å². The van der Waals surface area contributed by atoms with Crippen LogP contribution in [-0.4, -0.2) is 38.1 Å². The van der Waals surface area contributed by atoms with Crippen LogP contribution in [0.1, 0.15) is 27.6 Å². The van der Waals surface area contributed by atoms with Crippen LogP contribution in [0.25, 0.3) is 0 Å². The summed E-state index contributed by atoms with van der Waals surface area (Å²) in [6.07, 6.45) is 0.272. The van der Waals surface area contributed by atoms with E-state index < -0.39 is 17.9 Å². The normalized spacial score (nSPS) is 17.4. The van der Waals surface area contributed by atoms with E-state index in [1.54, 1.807) is 6.92 Å². The largest absolute Gasteiger partial charge is 0.480 e. The molecule has 1 N–H and O–H groups in total. The van der Waals surface area contributed by atoms with Gasteiger partial charge in [-0.05, 0) is 11.1 Å². The molecular formula is C14H13N3O4. The number of amides is 1. The van der Waals surface area contributed by atoms with Gasteiger partial charge in [-0.25, -0.2) is 4.79 Å². The van der Waals surface area contributed by atoms with Gasteiger partial charge < -0.3 is 14.5 Å². The number of hydrogen-bond donors (Lipinski definition) is 1. The lowest BCUT2D eigenvalue weighted by atomic mass is 9.94. The minimum Gasteiger partial charge on any atom is -0.480 e. The molecule has 0 bridgehead atoms. The molecule has 3 rings (SSSR count). The number of carbonyl (C=O) groups is 2. The number of aryl methyl sites for hydroxylation is 1. The van der Waals surface area contributed by atoms with Crippen LogP contribution in [0.4, 0.5) is 0 Å². The van der Waals surface area contributed by atoms with E-state index in [4.69, 9.17) is 4.52 Å². The number of carbonyl (C=O) groups excluding carboxylic acids is 1. The Kier molecular flexibility index (Phi) is 3.17. The monoisotopic (exact) mass is 287 g/mol. The fraction of sp³-hybridized carbons (Fsp3) is 0.286.